The molecule has 0 atom stereocenters. The highest BCUT2D eigenvalue weighted by Gasteiger charge is 1.92. The van der Waals surface area contributed by atoms with E-state index in [1.54, 1.807) is 0 Å². The van der Waals surface area contributed by atoms with E-state index in [4.69, 9.17) is 10.2 Å². The Morgan fingerprint density at radius 2 is 2.08 bits per heavy atom. The van der Waals surface area contributed by atoms with Crippen molar-refractivity contribution >= 4 is 12.0 Å². The van der Waals surface area contributed by atoms with Crippen LogP contribution in [-0.2, 0) is 4.79 Å². The average Bonchev–Trinajstić information content (AvgIpc) is 2.08. The molecule has 0 aromatic carbocycles. The van der Waals surface area contributed by atoms with Crippen LogP contribution in [0.1, 0.15) is 12.2 Å². The molecule has 0 amide bonds. The Labute approximate surface area is 74.4 Å². The summed E-state index contributed by atoms with van der Waals surface area (Å²) < 4.78 is 0. The predicted molar refractivity (Wildman–Crippen MR) is 45.0 cm³/mol. The molecule has 13 heavy (non-hydrogen) atoms. The van der Waals surface area contributed by atoms with Gasteiger partial charge in [-0.3, -0.25) is 4.79 Å². The van der Waals surface area contributed by atoms with Crippen LogP contribution in [-0.4, -0.2) is 26.2 Å². The summed E-state index contributed by atoms with van der Waals surface area (Å²) in [6.45, 7) is 0. The Hall–Kier alpha value is -1.91. The summed E-state index contributed by atoms with van der Waals surface area (Å²) in [5.74, 6) is -0.551. The summed E-state index contributed by atoms with van der Waals surface area (Å²) in [6.07, 6.45) is 5.34. The topological polar surface area (TPSA) is 83.3 Å². The van der Waals surface area contributed by atoms with Crippen LogP contribution in [0.25, 0.3) is 6.08 Å². The number of rotatable bonds is 3. The first-order valence-corrected chi connectivity index (χ1v) is 3.58. The number of hydrogen-bond donors (Lipinski definition) is 2. The smallest absolute Gasteiger partial charge is 0.307 e. The highest BCUT2D eigenvalue weighted by molar-refractivity contribution is 5.69. The largest absolute Gasteiger partial charge is 0.505 e. The second kappa shape index (κ2) is 4.20. The van der Waals surface area contributed by atoms with Crippen LogP contribution in [0.4, 0.5) is 0 Å². The predicted octanol–water partition coefficient (Wildman–Crippen LogP) is 0.670. The molecule has 1 aromatic rings. The van der Waals surface area contributed by atoms with Gasteiger partial charge in [0, 0.05) is 0 Å². The van der Waals surface area contributed by atoms with Gasteiger partial charge < -0.3 is 10.2 Å². The lowest BCUT2D eigenvalue weighted by atomic mass is 10.3. The lowest BCUT2D eigenvalue weighted by Gasteiger charge is -1.91. The van der Waals surface area contributed by atoms with Crippen molar-refractivity contribution in [3.63, 3.8) is 0 Å². The molecule has 0 aliphatic rings. The fourth-order valence-electron chi connectivity index (χ4n) is 0.682. The molecule has 0 aliphatic carbocycles. The number of aromatic hydroxyl groups is 1. The number of carbonyl (C=O) groups is 1. The molecule has 0 saturated carbocycles. The van der Waals surface area contributed by atoms with Gasteiger partial charge in [0.15, 0.2) is 11.6 Å². The Morgan fingerprint density at radius 3 is 2.62 bits per heavy atom. The van der Waals surface area contributed by atoms with E-state index in [-0.39, 0.29) is 12.2 Å². The Kier molecular flexibility index (Phi) is 2.97. The molecule has 0 bridgehead atoms. The first-order valence-electron chi connectivity index (χ1n) is 3.58. The summed E-state index contributed by atoms with van der Waals surface area (Å²) in [5.41, 5.74) is 0. The standard InChI is InChI=1S/C8H8N2O3/c11-6-4-9-7(10-5-6)2-1-3-8(12)13/h1-2,4-5,11H,3H2,(H,12,13). The maximum atomic E-state index is 10.1. The molecule has 0 fully saturated rings. The maximum Gasteiger partial charge on any atom is 0.307 e. The third kappa shape index (κ3) is 3.33. The molecule has 0 spiro atoms. The summed E-state index contributed by atoms with van der Waals surface area (Å²) >= 11 is 0. The van der Waals surface area contributed by atoms with Crippen LogP contribution in [0.2, 0.25) is 0 Å². The summed E-state index contributed by atoms with van der Waals surface area (Å²) in [5, 5.41) is 17.1. The van der Waals surface area contributed by atoms with E-state index in [1.807, 2.05) is 0 Å². The van der Waals surface area contributed by atoms with Crippen molar-refractivity contribution in [3.05, 3.63) is 24.3 Å². The van der Waals surface area contributed by atoms with Crippen molar-refractivity contribution in [1.82, 2.24) is 9.97 Å². The minimum Gasteiger partial charge on any atom is -0.505 e. The SMILES string of the molecule is O=C(O)CC=Cc1ncc(O)cn1. The van der Waals surface area contributed by atoms with Crippen molar-refractivity contribution < 1.29 is 15.0 Å². The van der Waals surface area contributed by atoms with E-state index in [0.29, 0.717) is 5.82 Å². The molecule has 0 aliphatic heterocycles. The van der Waals surface area contributed by atoms with Gasteiger partial charge in [0.05, 0.1) is 18.8 Å². The molecule has 1 rings (SSSR count). The number of nitrogens with zero attached hydrogens (tertiary/aromatic N) is 2. The summed E-state index contributed by atoms with van der Waals surface area (Å²) in [6, 6.07) is 0. The van der Waals surface area contributed by atoms with Crippen molar-refractivity contribution in [2.75, 3.05) is 0 Å². The number of carboxylic acids is 1. The van der Waals surface area contributed by atoms with Crippen molar-refractivity contribution in [1.29, 1.82) is 0 Å². The van der Waals surface area contributed by atoms with E-state index >= 15 is 0 Å². The lowest BCUT2D eigenvalue weighted by Crippen LogP contribution is -1.90. The molecule has 1 aromatic heterocycles. The molecule has 68 valence electrons. The van der Waals surface area contributed by atoms with Gasteiger partial charge in [0.1, 0.15) is 0 Å². The molecular weight excluding hydrogens is 172 g/mol. The highest BCUT2D eigenvalue weighted by atomic mass is 16.4. The van der Waals surface area contributed by atoms with Gasteiger partial charge in [-0.1, -0.05) is 6.08 Å². The minimum absolute atomic E-state index is 0.0182. The number of aliphatic carboxylic acids is 1. The monoisotopic (exact) mass is 180 g/mol. The quantitative estimate of drug-likeness (QED) is 0.714. The van der Waals surface area contributed by atoms with Crippen LogP contribution < -0.4 is 0 Å². The zero-order chi connectivity index (χ0) is 9.68. The van der Waals surface area contributed by atoms with E-state index < -0.39 is 5.97 Å². The van der Waals surface area contributed by atoms with Crippen LogP contribution in [0.3, 0.4) is 0 Å². The van der Waals surface area contributed by atoms with Crippen LogP contribution in [0, 0.1) is 0 Å². The van der Waals surface area contributed by atoms with Crippen LogP contribution in [0.15, 0.2) is 18.5 Å². The molecular formula is C8H8N2O3. The summed E-state index contributed by atoms with van der Waals surface area (Å²) in [4.78, 5) is 17.6. The second-order valence-electron chi connectivity index (χ2n) is 2.30. The molecule has 0 saturated heterocycles. The first-order chi connectivity index (χ1) is 6.18. The fraction of sp³-hybridized carbons (Fsp3) is 0.125. The third-order valence-corrected chi connectivity index (χ3v) is 1.22. The van der Waals surface area contributed by atoms with E-state index in [0.717, 1.165) is 0 Å². The zero-order valence-corrected chi connectivity index (χ0v) is 6.71. The average molecular weight is 180 g/mol. The van der Waals surface area contributed by atoms with Gasteiger partial charge in [0.25, 0.3) is 0 Å². The van der Waals surface area contributed by atoms with Crippen LogP contribution >= 0.6 is 0 Å². The van der Waals surface area contributed by atoms with Crippen molar-refractivity contribution in [2.24, 2.45) is 0 Å². The Morgan fingerprint density at radius 1 is 1.46 bits per heavy atom. The van der Waals surface area contributed by atoms with Crippen molar-refractivity contribution in [3.8, 4) is 5.75 Å². The third-order valence-electron chi connectivity index (χ3n) is 1.22. The van der Waals surface area contributed by atoms with Gasteiger partial charge >= 0.3 is 5.97 Å². The van der Waals surface area contributed by atoms with Gasteiger partial charge in [-0.25, -0.2) is 9.97 Å². The normalized spacial score (nSPS) is 10.5. The van der Waals surface area contributed by atoms with E-state index in [1.165, 1.54) is 24.5 Å². The maximum absolute atomic E-state index is 10.1. The highest BCUT2D eigenvalue weighted by Crippen LogP contribution is 2.03. The molecule has 1 heterocycles. The zero-order valence-electron chi connectivity index (χ0n) is 6.71. The first kappa shape index (κ1) is 9.18. The van der Waals surface area contributed by atoms with Gasteiger partial charge in [-0.05, 0) is 6.08 Å². The van der Waals surface area contributed by atoms with Gasteiger partial charge in [0.2, 0.25) is 0 Å². The molecule has 0 radical (unpaired) electrons. The molecule has 2 N–H and O–H groups in total. The Balaban J connectivity index is 2.59. The van der Waals surface area contributed by atoms with Crippen LogP contribution in [0.5, 0.6) is 5.75 Å². The van der Waals surface area contributed by atoms with E-state index in [2.05, 4.69) is 9.97 Å². The summed E-state index contributed by atoms with van der Waals surface area (Å²) in [7, 11) is 0. The van der Waals surface area contributed by atoms with E-state index in [9.17, 15) is 4.79 Å². The second-order valence-corrected chi connectivity index (χ2v) is 2.30. The fourth-order valence-corrected chi connectivity index (χ4v) is 0.682. The molecule has 5 heteroatoms. The molecule has 5 nitrogen and oxygen atoms in total. The lowest BCUT2D eigenvalue weighted by molar-refractivity contribution is -0.135. The van der Waals surface area contributed by atoms with Gasteiger partial charge in [-0.15, -0.1) is 0 Å². The Bertz CT molecular complexity index is 319. The number of hydrogen-bond acceptors (Lipinski definition) is 4. The molecule has 0 unspecified atom stereocenters. The van der Waals surface area contributed by atoms with Gasteiger partial charge in [-0.2, -0.15) is 0 Å². The minimum atomic E-state index is -0.907. The number of carboxylic acid groups (broad SMARTS) is 1. The van der Waals surface area contributed by atoms with Crippen molar-refractivity contribution in [2.45, 2.75) is 6.42 Å². The number of aromatic nitrogens is 2.